The Hall–Kier alpha value is -3.02. The number of carbonyl (C=O) groups is 2. The SMILES string of the molecule is CCOc1ccccc1Oc1ccccc1C(=O)N[C@H]1CC[C@@H](C(=O)O)C1. The van der Waals surface area contributed by atoms with E-state index in [0.29, 0.717) is 48.7 Å². The summed E-state index contributed by atoms with van der Waals surface area (Å²) in [6.45, 7) is 2.40. The molecule has 1 fully saturated rings. The van der Waals surface area contributed by atoms with Crippen LogP contribution in [0.2, 0.25) is 0 Å². The topological polar surface area (TPSA) is 84.9 Å². The van der Waals surface area contributed by atoms with Crippen LogP contribution in [0.4, 0.5) is 0 Å². The summed E-state index contributed by atoms with van der Waals surface area (Å²) < 4.78 is 11.5. The van der Waals surface area contributed by atoms with Gasteiger partial charge in [-0.2, -0.15) is 0 Å². The fourth-order valence-electron chi connectivity index (χ4n) is 3.27. The van der Waals surface area contributed by atoms with Crippen LogP contribution in [-0.4, -0.2) is 29.6 Å². The Labute approximate surface area is 158 Å². The minimum atomic E-state index is -0.803. The number of nitrogens with one attached hydrogen (secondary N) is 1. The first-order valence-corrected chi connectivity index (χ1v) is 9.11. The van der Waals surface area contributed by atoms with Gasteiger partial charge in [-0.05, 0) is 50.5 Å². The molecule has 0 aromatic heterocycles. The van der Waals surface area contributed by atoms with Gasteiger partial charge in [0.25, 0.3) is 5.91 Å². The quantitative estimate of drug-likeness (QED) is 0.774. The van der Waals surface area contributed by atoms with E-state index in [1.165, 1.54) is 0 Å². The molecule has 1 aliphatic rings. The van der Waals surface area contributed by atoms with Crippen molar-refractivity contribution in [2.24, 2.45) is 5.92 Å². The zero-order chi connectivity index (χ0) is 19.2. The fourth-order valence-corrected chi connectivity index (χ4v) is 3.27. The van der Waals surface area contributed by atoms with Crippen LogP contribution in [-0.2, 0) is 4.79 Å². The minimum Gasteiger partial charge on any atom is -0.490 e. The van der Waals surface area contributed by atoms with Gasteiger partial charge in [-0.15, -0.1) is 0 Å². The summed E-state index contributed by atoms with van der Waals surface area (Å²) >= 11 is 0. The Kier molecular flexibility index (Phi) is 5.96. The van der Waals surface area contributed by atoms with Gasteiger partial charge in [-0.3, -0.25) is 9.59 Å². The van der Waals surface area contributed by atoms with Crippen LogP contribution >= 0.6 is 0 Å². The van der Waals surface area contributed by atoms with Gasteiger partial charge in [-0.1, -0.05) is 24.3 Å². The van der Waals surface area contributed by atoms with Crippen LogP contribution in [0.3, 0.4) is 0 Å². The van der Waals surface area contributed by atoms with Crippen molar-refractivity contribution in [3.05, 3.63) is 54.1 Å². The maximum absolute atomic E-state index is 12.7. The van der Waals surface area contributed by atoms with E-state index in [0.717, 1.165) is 0 Å². The second kappa shape index (κ2) is 8.58. The highest BCUT2D eigenvalue weighted by atomic mass is 16.5. The fraction of sp³-hybridized carbons (Fsp3) is 0.333. The van der Waals surface area contributed by atoms with Crippen molar-refractivity contribution >= 4 is 11.9 Å². The number of benzene rings is 2. The molecule has 0 saturated heterocycles. The third kappa shape index (κ3) is 4.58. The van der Waals surface area contributed by atoms with Crippen molar-refractivity contribution in [2.75, 3.05) is 6.61 Å². The summed E-state index contributed by atoms with van der Waals surface area (Å²) in [4.78, 5) is 23.8. The summed E-state index contributed by atoms with van der Waals surface area (Å²) in [6, 6.07) is 14.1. The number of ether oxygens (including phenoxy) is 2. The molecule has 27 heavy (non-hydrogen) atoms. The van der Waals surface area contributed by atoms with Gasteiger partial charge in [-0.25, -0.2) is 0 Å². The van der Waals surface area contributed by atoms with Crippen molar-refractivity contribution < 1.29 is 24.2 Å². The van der Waals surface area contributed by atoms with Gasteiger partial charge in [0.1, 0.15) is 5.75 Å². The number of carboxylic acid groups (broad SMARTS) is 1. The van der Waals surface area contributed by atoms with E-state index in [1.54, 1.807) is 30.3 Å². The Morgan fingerprint density at radius 2 is 1.70 bits per heavy atom. The first-order chi connectivity index (χ1) is 13.1. The molecule has 1 aliphatic carbocycles. The first-order valence-electron chi connectivity index (χ1n) is 9.11. The molecule has 0 radical (unpaired) electrons. The third-order valence-electron chi connectivity index (χ3n) is 4.62. The number of aliphatic carboxylic acids is 1. The highest BCUT2D eigenvalue weighted by molar-refractivity contribution is 5.97. The maximum atomic E-state index is 12.7. The smallest absolute Gasteiger partial charge is 0.306 e. The molecular weight excluding hydrogens is 346 g/mol. The lowest BCUT2D eigenvalue weighted by molar-refractivity contribution is -0.141. The molecule has 2 atom stereocenters. The molecule has 0 heterocycles. The van der Waals surface area contributed by atoms with Crippen molar-refractivity contribution in [2.45, 2.75) is 32.2 Å². The lowest BCUT2D eigenvalue weighted by atomic mass is 10.1. The zero-order valence-electron chi connectivity index (χ0n) is 15.2. The Morgan fingerprint density at radius 3 is 2.37 bits per heavy atom. The average Bonchev–Trinajstić information content (AvgIpc) is 3.13. The van der Waals surface area contributed by atoms with Crippen LogP contribution in [0, 0.1) is 5.92 Å². The largest absolute Gasteiger partial charge is 0.490 e. The second-order valence-corrected chi connectivity index (χ2v) is 6.50. The summed E-state index contributed by atoms with van der Waals surface area (Å²) in [6.07, 6.45) is 1.70. The van der Waals surface area contributed by atoms with Crippen LogP contribution < -0.4 is 14.8 Å². The molecule has 3 rings (SSSR count). The summed E-state index contributed by atoms with van der Waals surface area (Å²) in [5.41, 5.74) is 0.405. The van der Waals surface area contributed by atoms with Crippen molar-refractivity contribution in [1.82, 2.24) is 5.32 Å². The van der Waals surface area contributed by atoms with Crippen LogP contribution in [0.1, 0.15) is 36.5 Å². The van der Waals surface area contributed by atoms with Gasteiger partial charge in [0, 0.05) is 6.04 Å². The van der Waals surface area contributed by atoms with Crippen molar-refractivity contribution in [3.8, 4) is 17.2 Å². The zero-order valence-corrected chi connectivity index (χ0v) is 15.2. The lowest BCUT2D eigenvalue weighted by Crippen LogP contribution is -2.33. The number of amides is 1. The van der Waals surface area contributed by atoms with E-state index in [2.05, 4.69) is 5.32 Å². The molecule has 6 nitrogen and oxygen atoms in total. The highest BCUT2D eigenvalue weighted by Crippen LogP contribution is 2.33. The molecule has 2 aromatic carbocycles. The maximum Gasteiger partial charge on any atom is 0.306 e. The predicted molar refractivity (Wildman–Crippen MR) is 100 cm³/mol. The van der Waals surface area contributed by atoms with E-state index in [9.17, 15) is 9.59 Å². The summed E-state index contributed by atoms with van der Waals surface area (Å²) in [5.74, 6) is 0.107. The van der Waals surface area contributed by atoms with Crippen molar-refractivity contribution in [1.29, 1.82) is 0 Å². The van der Waals surface area contributed by atoms with Crippen molar-refractivity contribution in [3.63, 3.8) is 0 Å². The number of rotatable bonds is 7. The number of hydrogen-bond donors (Lipinski definition) is 2. The Morgan fingerprint density at radius 1 is 1.04 bits per heavy atom. The van der Waals surface area contributed by atoms with Gasteiger partial charge in [0.15, 0.2) is 11.5 Å². The Bertz CT molecular complexity index is 820. The minimum absolute atomic E-state index is 0.137. The van der Waals surface area contributed by atoms with E-state index in [-0.39, 0.29) is 17.9 Å². The number of carbonyl (C=O) groups excluding carboxylic acids is 1. The average molecular weight is 369 g/mol. The molecule has 0 bridgehead atoms. The van der Waals surface area contributed by atoms with Gasteiger partial charge < -0.3 is 19.9 Å². The lowest BCUT2D eigenvalue weighted by Gasteiger charge is -2.16. The van der Waals surface area contributed by atoms with Gasteiger partial charge in [0.2, 0.25) is 0 Å². The molecule has 2 N–H and O–H groups in total. The molecule has 142 valence electrons. The number of para-hydroxylation sites is 3. The monoisotopic (exact) mass is 369 g/mol. The van der Waals surface area contributed by atoms with Crippen LogP contribution in [0.25, 0.3) is 0 Å². The first kappa shape index (κ1) is 18.8. The summed E-state index contributed by atoms with van der Waals surface area (Å²) in [7, 11) is 0. The van der Waals surface area contributed by atoms with E-state index in [1.807, 2.05) is 25.1 Å². The predicted octanol–water partition coefficient (Wildman–Crippen LogP) is 3.86. The molecule has 1 amide bonds. The molecule has 2 aromatic rings. The Balaban J connectivity index is 1.74. The standard InChI is InChI=1S/C21H23NO5/c1-2-26-18-9-5-6-10-19(18)27-17-8-4-3-7-16(17)20(23)22-15-12-11-14(13-15)21(24)25/h3-10,14-15H,2,11-13H2,1H3,(H,22,23)(H,24,25)/t14-,15+/m1/s1. The normalized spacial score (nSPS) is 18.7. The van der Waals surface area contributed by atoms with Crippen LogP contribution in [0.15, 0.2) is 48.5 Å². The molecule has 0 aliphatic heterocycles. The van der Waals surface area contributed by atoms with E-state index >= 15 is 0 Å². The van der Waals surface area contributed by atoms with Gasteiger partial charge in [0.05, 0.1) is 18.1 Å². The second-order valence-electron chi connectivity index (χ2n) is 6.50. The number of hydrogen-bond acceptors (Lipinski definition) is 4. The van der Waals surface area contributed by atoms with Gasteiger partial charge >= 0.3 is 5.97 Å². The molecule has 0 spiro atoms. The highest BCUT2D eigenvalue weighted by Gasteiger charge is 2.31. The van der Waals surface area contributed by atoms with E-state index in [4.69, 9.17) is 14.6 Å². The van der Waals surface area contributed by atoms with E-state index < -0.39 is 5.97 Å². The summed E-state index contributed by atoms with van der Waals surface area (Å²) in [5, 5.41) is 12.0. The third-order valence-corrected chi connectivity index (χ3v) is 4.62. The molecule has 1 saturated carbocycles. The number of carboxylic acids is 1. The molecule has 0 unspecified atom stereocenters. The molecule has 6 heteroatoms. The van der Waals surface area contributed by atoms with Crippen LogP contribution in [0.5, 0.6) is 17.2 Å². The molecular formula is C21H23NO5.